The number of carbonyl (C=O) groups is 2. The number of likely N-dealkylation sites (N-methyl/N-ethyl adjacent to an activating group) is 1. The van der Waals surface area contributed by atoms with Crippen LogP contribution in [0.1, 0.15) is 322 Å². The Morgan fingerprint density at radius 1 is 0.410 bits per heavy atom. The predicted molar refractivity (Wildman–Crippen MR) is 333 cm³/mol. The molecule has 0 aromatic rings. The molecule has 2 atom stereocenters. The third-order valence-corrected chi connectivity index (χ3v) is 15.8. The molecule has 0 bridgehead atoms. The largest absolute Gasteiger partial charge is 0.756 e. The molecule has 9 nitrogen and oxygen atoms in total. The SMILES string of the molecule is CC/C=C\C/C=C\C/C=C\C/C=C\CCCCC(=O)OC(COC(=O)CCCCCCCCCCCCCCCCCCCCCCCCCCCCCCCCCCCCCCCCC)COP(=O)([O-])OCC[N+](C)(C)C. The van der Waals surface area contributed by atoms with Crippen molar-refractivity contribution >= 4 is 19.8 Å². The van der Waals surface area contributed by atoms with E-state index in [0.717, 1.165) is 57.8 Å². The van der Waals surface area contributed by atoms with Crippen LogP contribution in [0.25, 0.3) is 0 Å². The van der Waals surface area contributed by atoms with Gasteiger partial charge >= 0.3 is 11.9 Å². The minimum atomic E-state index is -4.65. The number of hydrogen-bond acceptors (Lipinski definition) is 8. The van der Waals surface area contributed by atoms with Crippen molar-refractivity contribution in [2.45, 2.75) is 328 Å². The fourth-order valence-corrected chi connectivity index (χ4v) is 10.5. The molecule has 78 heavy (non-hydrogen) atoms. The van der Waals surface area contributed by atoms with E-state index in [1.807, 2.05) is 21.1 Å². The fraction of sp³-hybridized carbons (Fsp3) is 0.853. The molecule has 0 aromatic carbocycles. The monoisotopic (exact) mass is 1120 g/mol. The number of phosphoric ester groups is 1. The number of unbranched alkanes of at least 4 members (excludes halogenated alkanes) is 40. The van der Waals surface area contributed by atoms with Gasteiger partial charge in [-0.2, -0.15) is 0 Å². The number of phosphoric acid groups is 1. The summed E-state index contributed by atoms with van der Waals surface area (Å²) in [4.78, 5) is 37.8. The summed E-state index contributed by atoms with van der Waals surface area (Å²) in [6, 6.07) is 0. The fourth-order valence-electron chi connectivity index (χ4n) is 9.77. The minimum absolute atomic E-state index is 0.0389. The molecule has 0 heterocycles. The summed E-state index contributed by atoms with van der Waals surface area (Å²) in [7, 11) is 1.15. The highest BCUT2D eigenvalue weighted by atomic mass is 31.2. The van der Waals surface area contributed by atoms with E-state index >= 15 is 0 Å². The van der Waals surface area contributed by atoms with Crippen LogP contribution in [0.4, 0.5) is 0 Å². The quantitative estimate of drug-likeness (QED) is 0.0195. The normalized spacial score (nSPS) is 13.5. The van der Waals surface area contributed by atoms with Gasteiger partial charge in [0.05, 0.1) is 27.7 Å². The number of ether oxygens (including phenoxy) is 2. The Labute approximate surface area is 484 Å². The molecule has 2 unspecified atom stereocenters. The van der Waals surface area contributed by atoms with Crippen LogP contribution in [-0.4, -0.2) is 70.0 Å². The van der Waals surface area contributed by atoms with Crippen molar-refractivity contribution in [1.82, 2.24) is 0 Å². The molecule has 0 radical (unpaired) electrons. The molecule has 0 N–H and O–H groups in total. The lowest BCUT2D eigenvalue weighted by Crippen LogP contribution is -2.37. The van der Waals surface area contributed by atoms with Gasteiger partial charge in [0, 0.05) is 12.8 Å². The van der Waals surface area contributed by atoms with Crippen LogP contribution in [0.15, 0.2) is 48.6 Å². The van der Waals surface area contributed by atoms with Gasteiger partial charge in [0.15, 0.2) is 6.10 Å². The molecular formula is C68H128NO8P. The Bertz CT molecular complexity index is 1460. The molecule has 0 aromatic heterocycles. The van der Waals surface area contributed by atoms with Crippen molar-refractivity contribution in [2.24, 2.45) is 0 Å². The van der Waals surface area contributed by atoms with E-state index in [-0.39, 0.29) is 32.0 Å². The molecule has 10 heteroatoms. The highest BCUT2D eigenvalue weighted by Gasteiger charge is 2.22. The Morgan fingerprint density at radius 3 is 1.09 bits per heavy atom. The molecule has 0 aliphatic heterocycles. The second-order valence-electron chi connectivity index (χ2n) is 23.8. The maximum atomic E-state index is 12.7. The summed E-state index contributed by atoms with van der Waals surface area (Å²) in [5, 5.41) is 0. The number of rotatable bonds is 62. The smallest absolute Gasteiger partial charge is 0.306 e. The van der Waals surface area contributed by atoms with Gasteiger partial charge in [0.2, 0.25) is 0 Å². The lowest BCUT2D eigenvalue weighted by Gasteiger charge is -2.28. The Balaban J connectivity index is 3.86. The summed E-state index contributed by atoms with van der Waals surface area (Å²) < 4.78 is 34.1. The highest BCUT2D eigenvalue weighted by molar-refractivity contribution is 7.45. The van der Waals surface area contributed by atoms with Crippen LogP contribution in [0.2, 0.25) is 0 Å². The molecule has 0 spiro atoms. The topological polar surface area (TPSA) is 111 Å². The van der Waals surface area contributed by atoms with Gasteiger partial charge in [-0.25, -0.2) is 0 Å². The standard InChI is InChI=1S/C68H128NO8P/c1-6-8-10-12-14-16-18-20-22-23-24-25-26-27-28-29-30-31-32-33-34-35-36-37-38-39-40-41-42-43-44-45-47-48-50-52-54-56-58-60-67(70)74-64-66(65-76-78(72,73)75-63-62-69(3,4)5)77-68(71)61-59-57-55-53-51-49-46-21-19-17-15-13-11-9-7-2/h9,11,15,17,21,46,51,53,66H,6-8,10,12-14,16,18-20,22-45,47-50,52,54-65H2,1-5H3/b11-9-,17-15-,46-21-,53-51-. The van der Waals surface area contributed by atoms with E-state index in [4.69, 9.17) is 18.5 Å². The first-order valence-corrected chi connectivity index (χ1v) is 34.8. The maximum absolute atomic E-state index is 12.7. The molecule has 458 valence electrons. The zero-order valence-electron chi connectivity index (χ0n) is 52.1. The van der Waals surface area contributed by atoms with Gasteiger partial charge in [0.25, 0.3) is 7.82 Å². The number of nitrogens with zero attached hydrogens (tertiary/aromatic N) is 1. The van der Waals surface area contributed by atoms with Crippen molar-refractivity contribution in [1.29, 1.82) is 0 Å². The Kier molecular flexibility index (Phi) is 58.0. The van der Waals surface area contributed by atoms with Gasteiger partial charge in [0.1, 0.15) is 19.8 Å². The zero-order chi connectivity index (χ0) is 57.0. The van der Waals surface area contributed by atoms with Crippen molar-refractivity contribution in [3.63, 3.8) is 0 Å². The predicted octanol–water partition coefficient (Wildman–Crippen LogP) is 20.6. The van der Waals surface area contributed by atoms with Crippen LogP contribution in [0, 0.1) is 0 Å². The number of carbonyl (C=O) groups excluding carboxylic acids is 2. The lowest BCUT2D eigenvalue weighted by molar-refractivity contribution is -0.870. The summed E-state index contributed by atoms with van der Waals surface area (Å²) in [5.74, 6) is -0.872. The number of hydrogen-bond donors (Lipinski definition) is 0. The molecule has 0 saturated carbocycles. The summed E-state index contributed by atoms with van der Waals surface area (Å²) in [6.07, 6.45) is 76.7. The van der Waals surface area contributed by atoms with Gasteiger partial charge in [-0.15, -0.1) is 0 Å². The van der Waals surface area contributed by atoms with E-state index in [1.165, 1.54) is 231 Å². The molecule has 0 fully saturated rings. The van der Waals surface area contributed by atoms with Crippen LogP contribution >= 0.6 is 7.82 Å². The number of esters is 2. The van der Waals surface area contributed by atoms with Crippen LogP contribution in [0.3, 0.4) is 0 Å². The third-order valence-electron chi connectivity index (χ3n) is 14.9. The van der Waals surface area contributed by atoms with Gasteiger partial charge in [-0.1, -0.05) is 306 Å². The second-order valence-corrected chi connectivity index (χ2v) is 25.2. The van der Waals surface area contributed by atoms with Crippen LogP contribution in [-0.2, 0) is 32.7 Å². The van der Waals surface area contributed by atoms with Crippen molar-refractivity contribution in [2.75, 3.05) is 47.5 Å². The number of quaternary nitrogens is 1. The van der Waals surface area contributed by atoms with E-state index < -0.39 is 26.5 Å². The molecule has 0 rings (SSSR count). The molecular weight excluding hydrogens is 990 g/mol. The average Bonchev–Trinajstić information content (AvgIpc) is 3.41. The first kappa shape index (κ1) is 76.0. The number of allylic oxidation sites excluding steroid dienone is 8. The lowest BCUT2D eigenvalue weighted by atomic mass is 10.0. The van der Waals surface area contributed by atoms with Crippen LogP contribution < -0.4 is 4.89 Å². The first-order valence-electron chi connectivity index (χ1n) is 33.3. The van der Waals surface area contributed by atoms with Gasteiger partial charge in [-0.3, -0.25) is 14.2 Å². The van der Waals surface area contributed by atoms with Crippen LogP contribution in [0.5, 0.6) is 0 Å². The van der Waals surface area contributed by atoms with E-state index in [1.54, 1.807) is 0 Å². The zero-order valence-corrected chi connectivity index (χ0v) is 53.0. The minimum Gasteiger partial charge on any atom is -0.756 e. The summed E-state index contributed by atoms with van der Waals surface area (Å²) in [6.45, 7) is 4.11. The average molecular weight is 1120 g/mol. The Morgan fingerprint density at radius 2 is 0.731 bits per heavy atom. The van der Waals surface area contributed by atoms with E-state index in [2.05, 4.69) is 62.5 Å². The van der Waals surface area contributed by atoms with Gasteiger partial charge in [-0.05, 0) is 51.4 Å². The molecule has 0 saturated heterocycles. The molecule has 0 amide bonds. The second kappa shape index (κ2) is 59.6. The maximum Gasteiger partial charge on any atom is 0.306 e. The van der Waals surface area contributed by atoms with Crippen molar-refractivity contribution in [3.8, 4) is 0 Å². The van der Waals surface area contributed by atoms with E-state index in [0.29, 0.717) is 17.4 Å². The highest BCUT2D eigenvalue weighted by Crippen LogP contribution is 2.38. The first-order chi connectivity index (χ1) is 38.0. The third kappa shape index (κ3) is 63.2. The van der Waals surface area contributed by atoms with E-state index in [9.17, 15) is 19.0 Å². The summed E-state index contributed by atoms with van der Waals surface area (Å²) >= 11 is 0. The molecule has 0 aliphatic carbocycles. The summed E-state index contributed by atoms with van der Waals surface area (Å²) in [5.41, 5.74) is 0. The van der Waals surface area contributed by atoms with Crippen molar-refractivity contribution < 1.29 is 42.1 Å². The van der Waals surface area contributed by atoms with Gasteiger partial charge < -0.3 is 27.9 Å². The Hall–Kier alpha value is -2.03. The van der Waals surface area contributed by atoms with Crippen molar-refractivity contribution in [3.05, 3.63) is 48.6 Å². The molecule has 0 aliphatic rings.